The lowest BCUT2D eigenvalue weighted by atomic mass is 10.0. The van der Waals surface area contributed by atoms with Gasteiger partial charge in [0.1, 0.15) is 0 Å². The van der Waals surface area contributed by atoms with E-state index in [0.717, 1.165) is 17.5 Å². The standard InChI is InChI=1S/C16H25N3S/c1-3-19-11-8-14(9-12-19)18(2)13-16-7-6-15(20-16)5-4-10-17/h6-7,14H,3,8-13,17H2,1-2H3. The highest BCUT2D eigenvalue weighted by Crippen LogP contribution is 2.21. The molecule has 0 radical (unpaired) electrons. The number of nitrogens with two attached hydrogens (primary N) is 1. The van der Waals surface area contributed by atoms with Crippen LogP contribution in [-0.4, -0.2) is 49.1 Å². The predicted molar refractivity (Wildman–Crippen MR) is 86.9 cm³/mol. The molecule has 0 saturated carbocycles. The van der Waals surface area contributed by atoms with Crippen LogP contribution in [-0.2, 0) is 6.54 Å². The summed E-state index contributed by atoms with van der Waals surface area (Å²) in [5.41, 5.74) is 5.40. The second kappa shape index (κ2) is 7.80. The van der Waals surface area contributed by atoms with Crippen LogP contribution in [0.5, 0.6) is 0 Å². The zero-order valence-corrected chi connectivity index (χ0v) is 13.4. The summed E-state index contributed by atoms with van der Waals surface area (Å²) in [6, 6.07) is 5.03. The van der Waals surface area contributed by atoms with Crippen LogP contribution in [0.2, 0.25) is 0 Å². The molecule has 0 aromatic carbocycles. The first-order chi connectivity index (χ1) is 9.72. The van der Waals surface area contributed by atoms with E-state index in [0.29, 0.717) is 6.54 Å². The molecule has 1 aromatic heterocycles. The molecular weight excluding hydrogens is 266 g/mol. The molecule has 20 heavy (non-hydrogen) atoms. The van der Waals surface area contributed by atoms with Crippen molar-refractivity contribution in [2.75, 3.05) is 33.2 Å². The Morgan fingerprint density at radius 2 is 2.15 bits per heavy atom. The largest absolute Gasteiger partial charge is 0.320 e. The second-order valence-electron chi connectivity index (χ2n) is 5.35. The van der Waals surface area contributed by atoms with Crippen LogP contribution in [0.3, 0.4) is 0 Å². The third-order valence-electron chi connectivity index (χ3n) is 4.01. The van der Waals surface area contributed by atoms with Crippen molar-refractivity contribution in [3.05, 3.63) is 21.9 Å². The Labute approximate surface area is 126 Å². The highest BCUT2D eigenvalue weighted by molar-refractivity contribution is 7.12. The molecule has 0 atom stereocenters. The zero-order chi connectivity index (χ0) is 14.4. The molecule has 0 bridgehead atoms. The molecule has 2 N–H and O–H groups in total. The van der Waals surface area contributed by atoms with Crippen molar-refractivity contribution in [3.8, 4) is 11.8 Å². The van der Waals surface area contributed by atoms with Gasteiger partial charge in [0, 0.05) is 17.5 Å². The lowest BCUT2D eigenvalue weighted by Crippen LogP contribution is -2.42. The molecule has 1 saturated heterocycles. The minimum absolute atomic E-state index is 0.434. The average Bonchev–Trinajstić information content (AvgIpc) is 2.92. The van der Waals surface area contributed by atoms with E-state index in [1.54, 1.807) is 11.3 Å². The number of rotatable bonds is 4. The summed E-state index contributed by atoms with van der Waals surface area (Å²) in [6.07, 6.45) is 2.57. The van der Waals surface area contributed by atoms with Gasteiger partial charge in [-0.05, 0) is 51.7 Å². The third-order valence-corrected chi connectivity index (χ3v) is 4.99. The van der Waals surface area contributed by atoms with Crippen LogP contribution in [0.25, 0.3) is 0 Å². The fraction of sp³-hybridized carbons (Fsp3) is 0.625. The van der Waals surface area contributed by atoms with E-state index >= 15 is 0 Å². The number of hydrogen-bond donors (Lipinski definition) is 1. The summed E-state index contributed by atoms with van der Waals surface area (Å²) < 4.78 is 0. The molecule has 1 fully saturated rings. The van der Waals surface area contributed by atoms with Crippen LogP contribution in [0, 0.1) is 11.8 Å². The summed E-state index contributed by atoms with van der Waals surface area (Å²) in [5, 5.41) is 0. The normalized spacial score (nSPS) is 17.2. The highest BCUT2D eigenvalue weighted by atomic mass is 32.1. The molecule has 1 aliphatic rings. The van der Waals surface area contributed by atoms with E-state index in [4.69, 9.17) is 5.73 Å². The summed E-state index contributed by atoms with van der Waals surface area (Å²) >= 11 is 1.79. The molecule has 4 heteroatoms. The molecule has 0 aliphatic carbocycles. The van der Waals surface area contributed by atoms with Crippen LogP contribution in [0.4, 0.5) is 0 Å². The van der Waals surface area contributed by atoms with Crippen molar-refractivity contribution >= 4 is 11.3 Å². The Balaban J connectivity index is 1.85. The quantitative estimate of drug-likeness (QED) is 0.861. The molecule has 0 amide bonds. The van der Waals surface area contributed by atoms with Gasteiger partial charge in [-0.25, -0.2) is 0 Å². The van der Waals surface area contributed by atoms with E-state index in [9.17, 15) is 0 Å². The van der Waals surface area contributed by atoms with Gasteiger partial charge < -0.3 is 10.6 Å². The maximum absolute atomic E-state index is 5.40. The summed E-state index contributed by atoms with van der Waals surface area (Å²) in [4.78, 5) is 7.56. The average molecular weight is 291 g/mol. The van der Waals surface area contributed by atoms with E-state index < -0.39 is 0 Å². The lowest BCUT2D eigenvalue weighted by Gasteiger charge is -2.36. The molecule has 1 aromatic rings. The number of piperidine rings is 1. The third kappa shape index (κ3) is 4.32. The number of likely N-dealkylation sites (tertiary alicyclic amines) is 1. The van der Waals surface area contributed by atoms with Crippen LogP contribution in [0.1, 0.15) is 29.5 Å². The molecular formula is C16H25N3S. The molecule has 1 aliphatic heterocycles. The molecule has 0 spiro atoms. The van der Waals surface area contributed by atoms with E-state index in [2.05, 4.69) is 47.7 Å². The summed E-state index contributed by atoms with van der Waals surface area (Å²) in [6.45, 7) is 7.38. The van der Waals surface area contributed by atoms with Gasteiger partial charge in [0.25, 0.3) is 0 Å². The predicted octanol–water partition coefficient (Wildman–Crippen LogP) is 1.97. The van der Waals surface area contributed by atoms with Crippen molar-refractivity contribution in [3.63, 3.8) is 0 Å². The first-order valence-electron chi connectivity index (χ1n) is 7.43. The van der Waals surface area contributed by atoms with Gasteiger partial charge in [-0.1, -0.05) is 18.8 Å². The minimum Gasteiger partial charge on any atom is -0.320 e. The van der Waals surface area contributed by atoms with Crippen molar-refractivity contribution < 1.29 is 0 Å². The summed E-state index contributed by atoms with van der Waals surface area (Å²) in [5.74, 6) is 6.02. The van der Waals surface area contributed by atoms with Gasteiger partial charge in [-0.15, -0.1) is 11.3 Å². The molecule has 3 nitrogen and oxygen atoms in total. The monoisotopic (exact) mass is 291 g/mol. The number of hydrogen-bond acceptors (Lipinski definition) is 4. The molecule has 110 valence electrons. The van der Waals surface area contributed by atoms with E-state index in [-0.39, 0.29) is 0 Å². The second-order valence-corrected chi connectivity index (χ2v) is 6.52. The highest BCUT2D eigenvalue weighted by Gasteiger charge is 2.21. The Kier molecular flexibility index (Phi) is 6.06. The molecule has 2 rings (SSSR count). The zero-order valence-electron chi connectivity index (χ0n) is 12.6. The maximum Gasteiger partial charge on any atom is 0.0772 e. The Morgan fingerprint density at radius 1 is 1.40 bits per heavy atom. The SMILES string of the molecule is CCN1CCC(N(C)Cc2ccc(C#CCN)s2)CC1. The first kappa shape index (κ1) is 15.5. The smallest absolute Gasteiger partial charge is 0.0772 e. The minimum atomic E-state index is 0.434. The van der Waals surface area contributed by atoms with Gasteiger partial charge in [0.2, 0.25) is 0 Å². The topological polar surface area (TPSA) is 32.5 Å². The summed E-state index contributed by atoms with van der Waals surface area (Å²) in [7, 11) is 2.25. The van der Waals surface area contributed by atoms with Crippen molar-refractivity contribution in [1.29, 1.82) is 0 Å². The number of nitrogens with zero attached hydrogens (tertiary/aromatic N) is 2. The Bertz CT molecular complexity index is 464. The van der Waals surface area contributed by atoms with E-state index in [1.165, 1.54) is 37.4 Å². The molecule has 2 heterocycles. The maximum atomic E-state index is 5.40. The van der Waals surface area contributed by atoms with Gasteiger partial charge >= 0.3 is 0 Å². The van der Waals surface area contributed by atoms with Crippen molar-refractivity contribution in [1.82, 2.24) is 9.80 Å². The first-order valence-corrected chi connectivity index (χ1v) is 8.24. The van der Waals surface area contributed by atoms with Crippen LogP contribution >= 0.6 is 11.3 Å². The lowest BCUT2D eigenvalue weighted by molar-refractivity contribution is 0.128. The van der Waals surface area contributed by atoms with Gasteiger partial charge in [0.05, 0.1) is 11.4 Å². The Morgan fingerprint density at radius 3 is 2.80 bits per heavy atom. The van der Waals surface area contributed by atoms with Crippen LogP contribution in [0.15, 0.2) is 12.1 Å². The fourth-order valence-electron chi connectivity index (χ4n) is 2.72. The van der Waals surface area contributed by atoms with Gasteiger partial charge in [-0.2, -0.15) is 0 Å². The van der Waals surface area contributed by atoms with Gasteiger partial charge in [-0.3, -0.25) is 4.90 Å². The van der Waals surface area contributed by atoms with Crippen LogP contribution < -0.4 is 5.73 Å². The molecule has 0 unspecified atom stereocenters. The van der Waals surface area contributed by atoms with Crippen molar-refractivity contribution in [2.45, 2.75) is 32.4 Å². The van der Waals surface area contributed by atoms with E-state index in [1.807, 2.05) is 0 Å². The fourth-order valence-corrected chi connectivity index (χ4v) is 3.67. The van der Waals surface area contributed by atoms with Gasteiger partial charge in [0.15, 0.2) is 0 Å². The van der Waals surface area contributed by atoms with Crippen molar-refractivity contribution in [2.24, 2.45) is 5.73 Å². The Hall–Kier alpha value is -0.860. The number of thiophene rings is 1.